The molecule has 0 aromatic carbocycles. The number of hydrogen-bond donors (Lipinski definition) is 4. The predicted octanol–water partition coefficient (Wildman–Crippen LogP) is 10.6. The Morgan fingerprint density at radius 2 is 1.25 bits per heavy atom. The summed E-state index contributed by atoms with van der Waals surface area (Å²) in [6.07, 6.45) is 39.1. The third-order valence-electron chi connectivity index (χ3n) is 9.49. The summed E-state index contributed by atoms with van der Waals surface area (Å²) in [5, 5.41) is 29.5. The van der Waals surface area contributed by atoms with Crippen LogP contribution in [-0.4, -0.2) is 75.7 Å². The van der Waals surface area contributed by atoms with E-state index >= 15 is 0 Å². The summed E-state index contributed by atoms with van der Waals surface area (Å²) in [5.74, 6) is -1.04. The third-order valence-corrected chi connectivity index (χ3v) is 10.9. The van der Waals surface area contributed by atoms with E-state index in [1.54, 1.807) is 0 Å². The van der Waals surface area contributed by atoms with Crippen LogP contribution in [-0.2, 0) is 23.9 Å². The van der Waals surface area contributed by atoms with E-state index in [2.05, 4.69) is 39.0 Å². The van der Waals surface area contributed by atoms with Crippen LogP contribution in [0.15, 0.2) is 48.6 Å². The molecule has 0 saturated heterocycles. The maximum absolute atomic E-state index is 12.5. The van der Waals surface area contributed by atoms with Gasteiger partial charge in [-0.1, -0.05) is 172 Å². The number of carbonyl (C=O) groups excluding carboxylic acids is 2. The van der Waals surface area contributed by atoms with E-state index in [0.29, 0.717) is 12.8 Å². The number of carboxylic acid groups (broad SMARTS) is 1. The second kappa shape index (κ2) is 39.4. The van der Waals surface area contributed by atoms with E-state index in [0.717, 1.165) is 38.0 Å². The topological polar surface area (TPSA) is 156 Å². The fourth-order valence-corrected chi connectivity index (χ4v) is 7.13. The summed E-state index contributed by atoms with van der Waals surface area (Å²) in [7, 11) is 0. The molecule has 0 heterocycles. The standard InChI is InChI=1S/C46H81NO8S/c1-4-5-6-7-8-9-10-16-19-22-25-28-33-43(42(49)32-30-34-44(50)51)56-38-41(47)46(53)55-37-40(48)36-54-45(52)35-29-26-23-20-17-14-12-11-13-15-18-21-24-27-31-39(2)3/h8-9,16,19,22,25,28,33,39-43,48-49H,4-7,10-15,17-18,20-21,23-24,26-27,29-32,34-38,47H2,1-3H3,(H,50,51)/b9-8-,19-16-,25-22+,33-28+/t40-,41-,42-,43+/m0/s1. The monoisotopic (exact) mass is 808 g/mol. The van der Waals surface area contributed by atoms with Crippen LogP contribution >= 0.6 is 11.8 Å². The summed E-state index contributed by atoms with van der Waals surface area (Å²) >= 11 is 1.27. The third kappa shape index (κ3) is 37.2. The summed E-state index contributed by atoms with van der Waals surface area (Å²) < 4.78 is 10.3. The van der Waals surface area contributed by atoms with Gasteiger partial charge in [0, 0.05) is 23.8 Å². The summed E-state index contributed by atoms with van der Waals surface area (Å²) in [6, 6.07) is -1.01. The number of aliphatic hydroxyl groups is 2. The number of aliphatic hydroxyl groups excluding tert-OH is 2. The maximum atomic E-state index is 12.5. The van der Waals surface area contributed by atoms with Gasteiger partial charge in [-0.3, -0.25) is 14.4 Å². The van der Waals surface area contributed by atoms with Crippen molar-refractivity contribution in [3.05, 3.63) is 48.6 Å². The molecule has 9 nitrogen and oxygen atoms in total. The van der Waals surface area contributed by atoms with Gasteiger partial charge >= 0.3 is 17.9 Å². The van der Waals surface area contributed by atoms with Gasteiger partial charge < -0.3 is 30.5 Å². The second-order valence-corrected chi connectivity index (χ2v) is 16.7. The number of ether oxygens (including phenoxy) is 2. The molecule has 0 aromatic heterocycles. The van der Waals surface area contributed by atoms with Crippen molar-refractivity contribution in [2.45, 2.75) is 198 Å². The summed E-state index contributed by atoms with van der Waals surface area (Å²) in [4.78, 5) is 35.6. The number of esters is 2. The van der Waals surface area contributed by atoms with Crippen molar-refractivity contribution in [1.29, 1.82) is 0 Å². The molecule has 0 unspecified atom stereocenters. The van der Waals surface area contributed by atoms with Gasteiger partial charge in [0.15, 0.2) is 0 Å². The Morgan fingerprint density at radius 3 is 1.86 bits per heavy atom. The molecule has 0 fully saturated rings. The van der Waals surface area contributed by atoms with Crippen LogP contribution in [0.25, 0.3) is 0 Å². The van der Waals surface area contributed by atoms with Crippen molar-refractivity contribution in [1.82, 2.24) is 0 Å². The van der Waals surface area contributed by atoms with Crippen LogP contribution in [0.5, 0.6) is 0 Å². The van der Waals surface area contributed by atoms with Gasteiger partial charge in [-0.2, -0.15) is 0 Å². The van der Waals surface area contributed by atoms with Gasteiger partial charge in [0.1, 0.15) is 25.4 Å². The Bertz CT molecular complexity index is 1080. The Hall–Kier alpha value is -2.40. The van der Waals surface area contributed by atoms with Crippen molar-refractivity contribution >= 4 is 29.7 Å². The van der Waals surface area contributed by atoms with Gasteiger partial charge in [-0.25, -0.2) is 0 Å². The number of allylic oxidation sites excluding steroid dienone is 7. The lowest BCUT2D eigenvalue weighted by atomic mass is 10.0. The first-order chi connectivity index (χ1) is 27.1. The van der Waals surface area contributed by atoms with Crippen molar-refractivity contribution in [3.63, 3.8) is 0 Å². The summed E-state index contributed by atoms with van der Waals surface area (Å²) in [6.45, 7) is 6.18. The molecular formula is C46H81NO8S. The van der Waals surface area contributed by atoms with E-state index in [-0.39, 0.29) is 37.8 Å². The average molecular weight is 808 g/mol. The van der Waals surface area contributed by atoms with Gasteiger partial charge in [0.2, 0.25) is 0 Å². The maximum Gasteiger partial charge on any atom is 0.323 e. The van der Waals surface area contributed by atoms with Crippen molar-refractivity contribution in [3.8, 4) is 0 Å². The molecule has 0 amide bonds. The molecule has 56 heavy (non-hydrogen) atoms. The first-order valence-corrected chi connectivity index (χ1v) is 23.0. The highest BCUT2D eigenvalue weighted by atomic mass is 32.2. The normalized spacial score (nSPS) is 14.3. The Kier molecular flexibility index (Phi) is 37.7. The van der Waals surface area contributed by atoms with Crippen molar-refractivity contribution in [2.75, 3.05) is 19.0 Å². The molecule has 0 aromatic rings. The number of aliphatic carboxylic acids is 1. The van der Waals surface area contributed by atoms with Gasteiger partial charge in [0.05, 0.1) is 6.10 Å². The fourth-order valence-electron chi connectivity index (χ4n) is 6.01. The molecular weight excluding hydrogens is 727 g/mol. The average Bonchev–Trinajstić information content (AvgIpc) is 3.16. The zero-order valence-corrected chi connectivity index (χ0v) is 36.3. The molecule has 0 spiro atoms. The van der Waals surface area contributed by atoms with E-state index in [9.17, 15) is 24.6 Å². The SMILES string of the molecule is CCCCC/C=C\C\C=C/C=C/C=C/[C@@H](SC[C@H](N)C(=O)OC[C@@H](O)COC(=O)CCCCCCCCCCCCCCCCC(C)C)[C@@H](O)CCCC(=O)O. The number of carboxylic acids is 1. The minimum absolute atomic E-state index is 0.0430. The zero-order valence-electron chi connectivity index (χ0n) is 35.5. The van der Waals surface area contributed by atoms with Gasteiger partial charge in [-0.15, -0.1) is 11.8 Å². The minimum Gasteiger partial charge on any atom is -0.481 e. The molecule has 324 valence electrons. The van der Waals surface area contributed by atoms with Gasteiger partial charge in [-0.05, 0) is 44.4 Å². The number of hydrogen-bond acceptors (Lipinski definition) is 9. The van der Waals surface area contributed by atoms with E-state index in [1.165, 1.54) is 108 Å². The number of carbonyl (C=O) groups is 3. The molecule has 0 aliphatic carbocycles. The molecule has 0 radical (unpaired) electrons. The first kappa shape index (κ1) is 53.6. The van der Waals surface area contributed by atoms with Crippen LogP contribution in [0.1, 0.15) is 175 Å². The van der Waals surface area contributed by atoms with Crippen LogP contribution < -0.4 is 5.73 Å². The fraction of sp³-hybridized carbons (Fsp3) is 0.761. The summed E-state index contributed by atoms with van der Waals surface area (Å²) in [5.41, 5.74) is 6.06. The number of rotatable bonds is 39. The lowest BCUT2D eigenvalue weighted by Gasteiger charge is -2.21. The van der Waals surface area contributed by atoms with Crippen molar-refractivity contribution < 1.29 is 39.2 Å². The van der Waals surface area contributed by atoms with E-state index in [4.69, 9.17) is 20.3 Å². The molecule has 0 bridgehead atoms. The highest BCUT2D eigenvalue weighted by Gasteiger charge is 2.23. The van der Waals surface area contributed by atoms with Crippen LogP contribution in [0.3, 0.4) is 0 Å². The number of nitrogens with two attached hydrogens (primary N) is 1. The Morgan fingerprint density at radius 1 is 0.661 bits per heavy atom. The van der Waals surface area contributed by atoms with Crippen LogP contribution in [0.4, 0.5) is 0 Å². The number of thioether (sulfide) groups is 1. The zero-order chi connectivity index (χ0) is 41.5. The molecule has 4 atom stereocenters. The van der Waals surface area contributed by atoms with Crippen LogP contribution in [0, 0.1) is 5.92 Å². The second-order valence-electron chi connectivity index (χ2n) is 15.5. The number of unbranched alkanes of at least 4 members (excludes halogenated alkanes) is 16. The van der Waals surface area contributed by atoms with E-state index < -0.39 is 35.4 Å². The highest BCUT2D eigenvalue weighted by Crippen LogP contribution is 2.22. The Labute approximate surface area is 345 Å². The largest absolute Gasteiger partial charge is 0.481 e. The Balaban J connectivity index is 4.25. The molecule has 0 aliphatic heterocycles. The quantitative estimate of drug-likeness (QED) is 0.0204. The highest BCUT2D eigenvalue weighted by molar-refractivity contribution is 8.00. The van der Waals surface area contributed by atoms with Crippen molar-refractivity contribution in [2.24, 2.45) is 11.7 Å². The molecule has 0 saturated carbocycles. The molecule has 10 heteroatoms. The molecule has 0 aliphatic rings. The lowest BCUT2D eigenvalue weighted by Crippen LogP contribution is -2.38. The molecule has 0 rings (SSSR count). The minimum atomic E-state index is -1.16. The van der Waals surface area contributed by atoms with E-state index in [1.807, 2.05) is 30.4 Å². The molecule has 5 N–H and O–H groups in total. The smallest absolute Gasteiger partial charge is 0.323 e. The van der Waals surface area contributed by atoms with Gasteiger partial charge in [0.25, 0.3) is 0 Å². The van der Waals surface area contributed by atoms with Crippen LogP contribution in [0.2, 0.25) is 0 Å². The predicted molar refractivity (Wildman–Crippen MR) is 234 cm³/mol. The first-order valence-electron chi connectivity index (χ1n) is 22.0. The lowest BCUT2D eigenvalue weighted by molar-refractivity contribution is -0.153.